The first-order chi connectivity index (χ1) is 9.11. The van der Waals surface area contributed by atoms with E-state index in [9.17, 15) is 4.79 Å². The minimum Gasteiger partial charge on any atom is -0.382 e. The molecule has 0 saturated carbocycles. The molecule has 0 aliphatic carbocycles. The first kappa shape index (κ1) is 14.1. The summed E-state index contributed by atoms with van der Waals surface area (Å²) in [5.41, 5.74) is 5.78. The van der Waals surface area contributed by atoms with Crippen molar-refractivity contribution in [2.75, 3.05) is 51.3 Å². The molecule has 19 heavy (non-hydrogen) atoms. The molecule has 1 amide bonds. The van der Waals surface area contributed by atoms with Crippen LogP contribution in [0.3, 0.4) is 0 Å². The second-order valence-corrected chi connectivity index (χ2v) is 5.76. The topological polar surface area (TPSA) is 74.5 Å². The lowest BCUT2D eigenvalue weighted by Gasteiger charge is -2.21. The van der Waals surface area contributed by atoms with Gasteiger partial charge in [-0.05, 0) is 25.9 Å². The zero-order chi connectivity index (χ0) is 13.8. The van der Waals surface area contributed by atoms with Crippen LogP contribution in [0.2, 0.25) is 0 Å². The van der Waals surface area contributed by atoms with Gasteiger partial charge in [0.25, 0.3) is 5.91 Å². The maximum atomic E-state index is 12.3. The Bertz CT molecular complexity index is 441. The van der Waals surface area contributed by atoms with Crippen molar-refractivity contribution in [3.05, 3.63) is 4.88 Å². The Balaban J connectivity index is 1.91. The first-order valence-electron chi connectivity index (χ1n) is 6.53. The van der Waals surface area contributed by atoms with Crippen LogP contribution in [0.15, 0.2) is 0 Å². The lowest BCUT2D eigenvalue weighted by molar-refractivity contribution is 0.0788. The molecule has 6 nitrogen and oxygen atoms in total. The fraction of sp³-hybridized carbons (Fsp3) is 0.667. The number of hydrogen-bond donors (Lipinski definition) is 2. The zero-order valence-electron chi connectivity index (χ0n) is 11.5. The Morgan fingerprint density at radius 2 is 2.21 bits per heavy atom. The molecule has 0 spiro atoms. The Hall–Kier alpha value is -1.34. The van der Waals surface area contributed by atoms with E-state index < -0.39 is 0 Å². The van der Waals surface area contributed by atoms with Crippen molar-refractivity contribution in [1.29, 1.82) is 0 Å². The van der Waals surface area contributed by atoms with Gasteiger partial charge in [-0.3, -0.25) is 4.79 Å². The standard InChI is InChI=1S/C12H21N5OS/c1-14-12-15-10(13)9(19-12)11(18)16(2)7-8-17-5-3-4-6-17/h3-8,13H2,1-2H3,(H,14,15). The quantitative estimate of drug-likeness (QED) is 0.841. The highest BCUT2D eigenvalue weighted by Crippen LogP contribution is 2.25. The second kappa shape index (κ2) is 6.21. The zero-order valence-corrected chi connectivity index (χ0v) is 12.3. The number of nitrogens with one attached hydrogen (secondary N) is 1. The molecule has 1 aromatic rings. The van der Waals surface area contributed by atoms with E-state index in [-0.39, 0.29) is 5.91 Å². The monoisotopic (exact) mass is 283 g/mol. The summed E-state index contributed by atoms with van der Waals surface area (Å²) in [6, 6.07) is 0. The van der Waals surface area contributed by atoms with Crippen molar-refractivity contribution in [2.45, 2.75) is 12.8 Å². The van der Waals surface area contributed by atoms with Gasteiger partial charge in [-0.1, -0.05) is 11.3 Å². The van der Waals surface area contributed by atoms with Gasteiger partial charge >= 0.3 is 0 Å². The van der Waals surface area contributed by atoms with Crippen LogP contribution >= 0.6 is 11.3 Å². The number of carbonyl (C=O) groups is 1. The third kappa shape index (κ3) is 3.36. The molecule has 1 saturated heterocycles. The van der Waals surface area contributed by atoms with Gasteiger partial charge < -0.3 is 20.9 Å². The predicted octanol–water partition coefficient (Wildman–Crippen LogP) is 0.935. The fourth-order valence-corrected chi connectivity index (χ4v) is 3.00. The molecule has 0 radical (unpaired) electrons. The van der Waals surface area contributed by atoms with Crippen LogP contribution < -0.4 is 11.1 Å². The Kier molecular flexibility index (Phi) is 4.60. The number of hydrogen-bond acceptors (Lipinski definition) is 6. The van der Waals surface area contributed by atoms with Gasteiger partial charge in [-0.25, -0.2) is 4.98 Å². The highest BCUT2D eigenvalue weighted by molar-refractivity contribution is 7.18. The van der Waals surface area contributed by atoms with Crippen LogP contribution in [0, 0.1) is 0 Å². The van der Waals surface area contributed by atoms with Crippen molar-refractivity contribution in [2.24, 2.45) is 0 Å². The lowest BCUT2D eigenvalue weighted by atomic mass is 10.4. The lowest BCUT2D eigenvalue weighted by Crippen LogP contribution is -2.35. The number of anilines is 2. The van der Waals surface area contributed by atoms with Crippen LogP contribution in [0.4, 0.5) is 10.9 Å². The van der Waals surface area contributed by atoms with E-state index in [0.29, 0.717) is 15.8 Å². The van der Waals surface area contributed by atoms with Gasteiger partial charge in [0.15, 0.2) is 5.13 Å². The molecular formula is C12H21N5OS. The number of rotatable bonds is 5. The maximum absolute atomic E-state index is 12.3. The fourth-order valence-electron chi connectivity index (χ4n) is 2.16. The molecule has 3 N–H and O–H groups in total. The molecule has 0 aromatic carbocycles. The summed E-state index contributed by atoms with van der Waals surface area (Å²) in [5.74, 6) is 0.267. The third-order valence-corrected chi connectivity index (χ3v) is 4.44. The van der Waals surface area contributed by atoms with Gasteiger partial charge in [-0.2, -0.15) is 0 Å². The molecule has 106 valence electrons. The Morgan fingerprint density at radius 3 is 2.79 bits per heavy atom. The first-order valence-corrected chi connectivity index (χ1v) is 7.35. The van der Waals surface area contributed by atoms with E-state index in [1.165, 1.54) is 24.2 Å². The summed E-state index contributed by atoms with van der Waals surface area (Å²) in [4.78, 5) is 21.0. The van der Waals surface area contributed by atoms with E-state index >= 15 is 0 Å². The van der Waals surface area contributed by atoms with Crippen molar-refractivity contribution < 1.29 is 4.79 Å². The highest BCUT2D eigenvalue weighted by Gasteiger charge is 2.20. The molecule has 1 aliphatic rings. The van der Waals surface area contributed by atoms with Gasteiger partial charge in [-0.15, -0.1) is 0 Å². The predicted molar refractivity (Wildman–Crippen MR) is 78.7 cm³/mol. The molecule has 2 rings (SSSR count). The van der Waals surface area contributed by atoms with Crippen LogP contribution in [0.5, 0.6) is 0 Å². The van der Waals surface area contributed by atoms with Crippen LogP contribution in [-0.2, 0) is 0 Å². The molecule has 0 unspecified atom stereocenters. The summed E-state index contributed by atoms with van der Waals surface area (Å²) in [6.07, 6.45) is 2.54. The normalized spacial score (nSPS) is 15.7. The second-order valence-electron chi connectivity index (χ2n) is 4.76. The molecule has 1 fully saturated rings. The molecular weight excluding hydrogens is 262 g/mol. The SMILES string of the molecule is CNc1nc(N)c(C(=O)N(C)CCN2CCCC2)s1. The molecule has 0 atom stereocenters. The van der Waals surface area contributed by atoms with E-state index in [1.54, 1.807) is 11.9 Å². The van der Waals surface area contributed by atoms with E-state index in [0.717, 1.165) is 26.2 Å². The van der Waals surface area contributed by atoms with Gasteiger partial charge in [0.2, 0.25) is 0 Å². The summed E-state index contributed by atoms with van der Waals surface area (Å²) >= 11 is 1.30. The minimum atomic E-state index is -0.0457. The van der Waals surface area contributed by atoms with Crippen molar-refractivity contribution >= 4 is 28.2 Å². The van der Waals surface area contributed by atoms with Gasteiger partial charge in [0.1, 0.15) is 10.7 Å². The molecule has 0 bridgehead atoms. The third-order valence-electron chi connectivity index (χ3n) is 3.36. The van der Waals surface area contributed by atoms with E-state index in [4.69, 9.17) is 5.73 Å². The average molecular weight is 283 g/mol. The number of nitrogens with two attached hydrogens (primary N) is 1. The van der Waals surface area contributed by atoms with Gasteiger partial charge in [0.05, 0.1) is 0 Å². The number of likely N-dealkylation sites (N-methyl/N-ethyl adjacent to an activating group) is 1. The molecule has 7 heteroatoms. The van der Waals surface area contributed by atoms with Crippen LogP contribution in [0.1, 0.15) is 22.5 Å². The van der Waals surface area contributed by atoms with Crippen molar-refractivity contribution in [3.8, 4) is 0 Å². The summed E-state index contributed by atoms with van der Waals surface area (Å²) in [6.45, 7) is 3.95. The molecule has 1 aromatic heterocycles. The average Bonchev–Trinajstić information content (AvgIpc) is 3.04. The number of nitrogen functional groups attached to an aromatic ring is 1. The summed E-state index contributed by atoms with van der Waals surface area (Å²) < 4.78 is 0. The Morgan fingerprint density at radius 1 is 1.53 bits per heavy atom. The van der Waals surface area contributed by atoms with Crippen molar-refractivity contribution in [1.82, 2.24) is 14.8 Å². The number of carbonyl (C=O) groups excluding carboxylic acids is 1. The minimum absolute atomic E-state index is 0.0457. The summed E-state index contributed by atoms with van der Waals surface area (Å²) in [5, 5.41) is 3.58. The van der Waals surface area contributed by atoms with E-state index in [2.05, 4.69) is 15.2 Å². The largest absolute Gasteiger partial charge is 0.382 e. The van der Waals surface area contributed by atoms with Crippen LogP contribution in [0.25, 0.3) is 0 Å². The van der Waals surface area contributed by atoms with Crippen molar-refractivity contribution in [3.63, 3.8) is 0 Å². The highest BCUT2D eigenvalue weighted by atomic mass is 32.1. The molecule has 2 heterocycles. The van der Waals surface area contributed by atoms with Gasteiger partial charge in [0, 0.05) is 27.2 Å². The molecule has 1 aliphatic heterocycles. The van der Waals surface area contributed by atoms with Crippen LogP contribution in [-0.4, -0.2) is 61.0 Å². The Labute approximate surface area is 117 Å². The number of amides is 1. The number of likely N-dealkylation sites (tertiary alicyclic amines) is 1. The summed E-state index contributed by atoms with van der Waals surface area (Å²) in [7, 11) is 3.58. The number of thiazole rings is 1. The maximum Gasteiger partial charge on any atom is 0.267 e. The number of aromatic nitrogens is 1. The smallest absolute Gasteiger partial charge is 0.267 e. The number of nitrogens with zero attached hydrogens (tertiary/aromatic N) is 3. The van der Waals surface area contributed by atoms with E-state index in [1.807, 2.05) is 7.05 Å².